The van der Waals surface area contributed by atoms with Crippen LogP contribution in [0.15, 0.2) is 76.3 Å². The third-order valence-electron chi connectivity index (χ3n) is 3.72. The molecule has 1 amide bonds. The number of nitrogens with one attached hydrogen (secondary N) is 1. The van der Waals surface area contributed by atoms with Gasteiger partial charge >= 0.3 is 0 Å². The molecule has 0 radical (unpaired) electrons. The summed E-state index contributed by atoms with van der Waals surface area (Å²) in [5.41, 5.74) is 4.17. The normalized spacial score (nSPS) is 11.4. The second-order valence-electron chi connectivity index (χ2n) is 5.48. The predicted octanol–water partition coefficient (Wildman–Crippen LogP) is 4.52. The molecule has 5 heteroatoms. The highest BCUT2D eigenvalue weighted by atomic mass is 79.9. The van der Waals surface area contributed by atoms with Gasteiger partial charge in [-0.05, 0) is 24.4 Å². The van der Waals surface area contributed by atoms with Crippen molar-refractivity contribution < 1.29 is 9.53 Å². The number of amides is 1. The molecule has 0 aliphatic carbocycles. The van der Waals surface area contributed by atoms with Crippen LogP contribution >= 0.6 is 15.9 Å². The molecule has 0 aromatic heterocycles. The topological polar surface area (TPSA) is 50.7 Å². The molecule has 25 heavy (non-hydrogen) atoms. The van der Waals surface area contributed by atoms with Crippen LogP contribution in [0.5, 0.6) is 5.75 Å². The van der Waals surface area contributed by atoms with E-state index < -0.39 is 0 Å². The number of fused-ring (bicyclic) bond motifs is 1. The molecule has 0 atom stereocenters. The van der Waals surface area contributed by atoms with Gasteiger partial charge in [0.1, 0.15) is 5.75 Å². The van der Waals surface area contributed by atoms with E-state index in [9.17, 15) is 4.79 Å². The third-order valence-corrected chi connectivity index (χ3v) is 4.41. The summed E-state index contributed by atoms with van der Waals surface area (Å²) < 4.78 is 6.58. The molecular weight excluding hydrogens is 380 g/mol. The average Bonchev–Trinajstić information content (AvgIpc) is 2.64. The van der Waals surface area contributed by atoms with Crippen molar-refractivity contribution >= 4 is 38.3 Å². The van der Waals surface area contributed by atoms with Gasteiger partial charge in [0.05, 0.1) is 5.71 Å². The van der Waals surface area contributed by atoms with E-state index in [4.69, 9.17) is 4.74 Å². The van der Waals surface area contributed by atoms with Crippen LogP contribution in [0.25, 0.3) is 10.8 Å². The maximum absolute atomic E-state index is 12.0. The number of hydrogen-bond acceptors (Lipinski definition) is 3. The van der Waals surface area contributed by atoms with Gasteiger partial charge in [-0.1, -0.05) is 70.5 Å². The molecule has 126 valence electrons. The van der Waals surface area contributed by atoms with Crippen LogP contribution in [0.4, 0.5) is 0 Å². The van der Waals surface area contributed by atoms with Crippen molar-refractivity contribution in [3.63, 3.8) is 0 Å². The molecular formula is C20H17BrN2O2. The van der Waals surface area contributed by atoms with Crippen LogP contribution in [0.1, 0.15) is 12.5 Å². The number of nitrogens with zero attached hydrogens (tertiary/aromatic N) is 1. The molecule has 0 heterocycles. The molecule has 0 saturated carbocycles. The minimum absolute atomic E-state index is 0.0965. The van der Waals surface area contributed by atoms with E-state index in [1.54, 1.807) is 0 Å². The van der Waals surface area contributed by atoms with E-state index in [1.807, 2.05) is 73.7 Å². The third kappa shape index (κ3) is 4.25. The first-order valence-electron chi connectivity index (χ1n) is 7.84. The van der Waals surface area contributed by atoms with E-state index >= 15 is 0 Å². The van der Waals surface area contributed by atoms with Gasteiger partial charge in [0.15, 0.2) is 6.61 Å². The Morgan fingerprint density at radius 3 is 2.60 bits per heavy atom. The molecule has 0 bridgehead atoms. The lowest BCUT2D eigenvalue weighted by atomic mass is 10.1. The second kappa shape index (κ2) is 7.94. The minimum atomic E-state index is -0.306. The van der Waals surface area contributed by atoms with Crippen molar-refractivity contribution in [2.75, 3.05) is 6.61 Å². The van der Waals surface area contributed by atoms with Crippen LogP contribution in [-0.4, -0.2) is 18.2 Å². The van der Waals surface area contributed by atoms with Gasteiger partial charge in [0.2, 0.25) is 0 Å². The highest BCUT2D eigenvalue weighted by Gasteiger charge is 2.06. The van der Waals surface area contributed by atoms with Crippen LogP contribution in [0, 0.1) is 0 Å². The molecule has 3 rings (SSSR count). The summed E-state index contributed by atoms with van der Waals surface area (Å²) in [6.07, 6.45) is 0. The quantitative estimate of drug-likeness (QED) is 0.508. The Morgan fingerprint density at radius 1 is 1.04 bits per heavy atom. The zero-order valence-corrected chi connectivity index (χ0v) is 15.3. The molecule has 0 aliphatic rings. The Balaban J connectivity index is 1.63. The van der Waals surface area contributed by atoms with Crippen molar-refractivity contribution in [2.45, 2.75) is 6.92 Å². The van der Waals surface area contributed by atoms with Gasteiger partial charge in [-0.2, -0.15) is 5.10 Å². The highest BCUT2D eigenvalue weighted by molar-refractivity contribution is 9.10. The molecule has 0 unspecified atom stereocenters. The SMILES string of the molecule is C/C(=N\NC(=O)COc1cccc2ccccc12)c1ccccc1Br. The smallest absolute Gasteiger partial charge is 0.277 e. The number of rotatable bonds is 5. The first-order valence-corrected chi connectivity index (χ1v) is 8.63. The van der Waals surface area contributed by atoms with Crippen molar-refractivity contribution in [1.29, 1.82) is 0 Å². The number of halogens is 1. The van der Waals surface area contributed by atoms with E-state index in [1.165, 1.54) is 0 Å². The number of hydrogen-bond donors (Lipinski definition) is 1. The largest absolute Gasteiger partial charge is 0.483 e. The van der Waals surface area contributed by atoms with Gasteiger partial charge in [-0.3, -0.25) is 4.79 Å². The van der Waals surface area contributed by atoms with Gasteiger partial charge < -0.3 is 4.74 Å². The van der Waals surface area contributed by atoms with Crippen LogP contribution in [-0.2, 0) is 4.79 Å². The molecule has 3 aromatic rings. The summed E-state index contributed by atoms with van der Waals surface area (Å²) in [6.45, 7) is 1.74. The first-order chi connectivity index (χ1) is 12.1. The fourth-order valence-corrected chi connectivity index (χ4v) is 3.03. The molecule has 0 aliphatic heterocycles. The Morgan fingerprint density at radius 2 is 1.76 bits per heavy atom. The van der Waals surface area contributed by atoms with Gasteiger partial charge in [0.25, 0.3) is 5.91 Å². The maximum Gasteiger partial charge on any atom is 0.277 e. The van der Waals surface area contributed by atoms with Crippen LogP contribution in [0.3, 0.4) is 0 Å². The van der Waals surface area contributed by atoms with E-state index in [0.717, 1.165) is 20.8 Å². The lowest BCUT2D eigenvalue weighted by molar-refractivity contribution is -0.123. The lowest BCUT2D eigenvalue weighted by Crippen LogP contribution is -2.25. The summed E-state index contributed by atoms with van der Waals surface area (Å²) in [5, 5.41) is 6.19. The standard InChI is InChI=1S/C20H17BrN2O2/c1-14(16-9-4-5-11-18(16)21)22-23-20(24)13-25-19-12-6-8-15-7-2-3-10-17(15)19/h2-12H,13H2,1H3,(H,23,24)/b22-14+. The van der Waals surface area contributed by atoms with Crippen molar-refractivity contribution in [3.05, 3.63) is 76.8 Å². The zero-order valence-electron chi connectivity index (χ0n) is 13.7. The fraction of sp³-hybridized carbons (Fsp3) is 0.100. The van der Waals surface area contributed by atoms with Crippen molar-refractivity contribution in [3.8, 4) is 5.75 Å². The summed E-state index contributed by atoms with van der Waals surface area (Å²) in [4.78, 5) is 12.0. The molecule has 0 saturated heterocycles. The predicted molar refractivity (Wildman–Crippen MR) is 104 cm³/mol. The van der Waals surface area contributed by atoms with Crippen LogP contribution < -0.4 is 10.2 Å². The average molecular weight is 397 g/mol. The second-order valence-corrected chi connectivity index (χ2v) is 6.33. The van der Waals surface area contributed by atoms with Gasteiger partial charge in [0, 0.05) is 15.4 Å². The molecule has 4 nitrogen and oxygen atoms in total. The van der Waals surface area contributed by atoms with E-state index in [-0.39, 0.29) is 12.5 Å². The summed E-state index contributed by atoms with van der Waals surface area (Å²) in [7, 11) is 0. The first kappa shape index (κ1) is 17.2. The molecule has 1 N–H and O–H groups in total. The minimum Gasteiger partial charge on any atom is -0.483 e. The van der Waals surface area contributed by atoms with E-state index in [0.29, 0.717) is 11.5 Å². The Bertz CT molecular complexity index is 932. The zero-order chi connectivity index (χ0) is 17.6. The number of hydrazone groups is 1. The summed E-state index contributed by atoms with van der Waals surface area (Å²) in [6, 6.07) is 21.4. The lowest BCUT2D eigenvalue weighted by Gasteiger charge is -2.09. The van der Waals surface area contributed by atoms with Crippen molar-refractivity contribution in [1.82, 2.24) is 5.43 Å². The molecule has 3 aromatic carbocycles. The summed E-state index contributed by atoms with van der Waals surface area (Å²) >= 11 is 3.47. The maximum atomic E-state index is 12.0. The fourth-order valence-electron chi connectivity index (χ4n) is 2.46. The Kier molecular flexibility index (Phi) is 5.46. The number of benzene rings is 3. The number of carbonyl (C=O) groups excluding carboxylic acids is 1. The van der Waals surface area contributed by atoms with Crippen molar-refractivity contribution in [2.24, 2.45) is 5.10 Å². The Hall–Kier alpha value is -2.66. The number of ether oxygens (including phenoxy) is 1. The number of carbonyl (C=O) groups is 1. The van der Waals surface area contributed by atoms with Gasteiger partial charge in [-0.25, -0.2) is 5.43 Å². The van der Waals surface area contributed by atoms with E-state index in [2.05, 4.69) is 26.5 Å². The molecule has 0 fully saturated rings. The van der Waals surface area contributed by atoms with Crippen LogP contribution in [0.2, 0.25) is 0 Å². The monoisotopic (exact) mass is 396 g/mol. The molecule has 0 spiro atoms. The summed E-state index contributed by atoms with van der Waals surface area (Å²) in [5.74, 6) is 0.374. The van der Waals surface area contributed by atoms with Gasteiger partial charge in [-0.15, -0.1) is 0 Å². The Labute approximate surface area is 154 Å². The highest BCUT2D eigenvalue weighted by Crippen LogP contribution is 2.24.